The highest BCUT2D eigenvalue weighted by atomic mass is 15.1. The molecule has 0 aliphatic carbocycles. The molecule has 0 fully saturated rings. The number of nitriles is 2. The number of nitrogens with one attached hydrogen (secondary N) is 1. The molecule has 78 valence electrons. The van der Waals surface area contributed by atoms with Gasteiger partial charge in [-0.15, -0.1) is 0 Å². The molecule has 0 radical (unpaired) electrons. The molecule has 0 spiro atoms. The summed E-state index contributed by atoms with van der Waals surface area (Å²) in [4.78, 5) is 1.85. The normalized spacial score (nSPS) is 9.71. The van der Waals surface area contributed by atoms with E-state index in [0.717, 1.165) is 32.5 Å². The average molecular weight is 194 g/mol. The first kappa shape index (κ1) is 12.9. The number of hydrogen-bond acceptors (Lipinski definition) is 4. The van der Waals surface area contributed by atoms with E-state index in [1.807, 2.05) is 4.90 Å². The quantitative estimate of drug-likeness (QED) is 0.457. The van der Waals surface area contributed by atoms with Crippen LogP contribution in [0, 0.1) is 22.7 Å². The molecule has 0 atom stereocenters. The first-order valence-corrected chi connectivity index (χ1v) is 5.02. The molecule has 0 saturated carbocycles. The van der Waals surface area contributed by atoms with Gasteiger partial charge in [0.15, 0.2) is 0 Å². The lowest BCUT2D eigenvalue weighted by Gasteiger charge is -2.14. The van der Waals surface area contributed by atoms with Crippen LogP contribution in [0.2, 0.25) is 0 Å². The van der Waals surface area contributed by atoms with Crippen LogP contribution in [0.5, 0.6) is 0 Å². The summed E-state index contributed by atoms with van der Waals surface area (Å²) in [5.41, 5.74) is 0. The molecule has 4 nitrogen and oxygen atoms in total. The van der Waals surface area contributed by atoms with Gasteiger partial charge >= 0.3 is 0 Å². The second-order valence-corrected chi connectivity index (χ2v) is 3.13. The molecular weight excluding hydrogens is 176 g/mol. The van der Waals surface area contributed by atoms with Gasteiger partial charge in [0, 0.05) is 6.54 Å². The van der Waals surface area contributed by atoms with E-state index in [-0.39, 0.29) is 0 Å². The summed E-state index contributed by atoms with van der Waals surface area (Å²) in [5.74, 6) is 0. The van der Waals surface area contributed by atoms with Crippen LogP contribution in [0.25, 0.3) is 0 Å². The monoisotopic (exact) mass is 194 g/mol. The lowest BCUT2D eigenvalue weighted by molar-refractivity contribution is 0.334. The van der Waals surface area contributed by atoms with Gasteiger partial charge in [-0.1, -0.05) is 6.92 Å². The first-order valence-electron chi connectivity index (χ1n) is 5.02. The maximum absolute atomic E-state index is 8.49. The summed E-state index contributed by atoms with van der Waals surface area (Å²) in [6, 6.07) is 4.12. The van der Waals surface area contributed by atoms with Crippen LogP contribution in [-0.4, -0.2) is 37.6 Å². The largest absolute Gasteiger partial charge is 0.317 e. The van der Waals surface area contributed by atoms with Crippen LogP contribution in [-0.2, 0) is 0 Å². The van der Waals surface area contributed by atoms with Crippen molar-refractivity contribution in [3.8, 4) is 12.1 Å². The van der Waals surface area contributed by atoms with Crippen molar-refractivity contribution in [2.75, 3.05) is 32.7 Å². The molecule has 1 N–H and O–H groups in total. The van der Waals surface area contributed by atoms with Gasteiger partial charge < -0.3 is 5.32 Å². The van der Waals surface area contributed by atoms with Crippen molar-refractivity contribution in [2.24, 2.45) is 0 Å². The minimum Gasteiger partial charge on any atom is -0.317 e. The third kappa shape index (κ3) is 7.54. The van der Waals surface area contributed by atoms with Crippen LogP contribution in [0.1, 0.15) is 19.8 Å². The van der Waals surface area contributed by atoms with Gasteiger partial charge in [0.25, 0.3) is 0 Å². The Bertz CT molecular complexity index is 185. The summed E-state index contributed by atoms with van der Waals surface area (Å²) in [5, 5.41) is 20.3. The molecule has 0 aromatic rings. The predicted molar refractivity (Wildman–Crippen MR) is 55.4 cm³/mol. The molecule has 0 aromatic heterocycles. The Morgan fingerprint density at radius 2 is 1.79 bits per heavy atom. The van der Waals surface area contributed by atoms with E-state index in [4.69, 9.17) is 10.5 Å². The zero-order chi connectivity index (χ0) is 10.6. The highest BCUT2D eigenvalue weighted by Crippen LogP contribution is 1.89. The Morgan fingerprint density at radius 3 is 2.29 bits per heavy atom. The predicted octanol–water partition coefficient (Wildman–Crippen LogP) is 0.725. The minimum atomic E-state index is 0.349. The Labute approximate surface area is 86.1 Å². The summed E-state index contributed by atoms with van der Waals surface area (Å²) in [6.45, 7) is 5.64. The van der Waals surface area contributed by atoms with Crippen molar-refractivity contribution in [1.82, 2.24) is 10.2 Å². The Morgan fingerprint density at radius 1 is 1.14 bits per heavy atom. The van der Waals surface area contributed by atoms with Crippen molar-refractivity contribution in [1.29, 1.82) is 10.5 Å². The van der Waals surface area contributed by atoms with Gasteiger partial charge in [-0.2, -0.15) is 10.5 Å². The summed E-state index contributed by atoms with van der Waals surface area (Å²) >= 11 is 0. The molecule has 0 aliphatic heterocycles. The molecule has 0 heterocycles. The molecule has 0 aliphatic rings. The van der Waals surface area contributed by atoms with Gasteiger partial charge in [0.05, 0.1) is 25.2 Å². The molecule has 4 heteroatoms. The van der Waals surface area contributed by atoms with Gasteiger partial charge in [0.2, 0.25) is 0 Å². The topological polar surface area (TPSA) is 62.9 Å². The zero-order valence-electron chi connectivity index (χ0n) is 8.79. The van der Waals surface area contributed by atoms with Crippen LogP contribution in [0.3, 0.4) is 0 Å². The van der Waals surface area contributed by atoms with E-state index in [2.05, 4.69) is 24.4 Å². The van der Waals surface area contributed by atoms with Crippen molar-refractivity contribution in [3.63, 3.8) is 0 Å². The Hall–Kier alpha value is -1.10. The number of rotatable bonds is 8. The van der Waals surface area contributed by atoms with E-state index in [0.29, 0.717) is 13.1 Å². The summed E-state index contributed by atoms with van der Waals surface area (Å²) in [6.07, 6.45) is 2.13. The molecule has 0 unspecified atom stereocenters. The second-order valence-electron chi connectivity index (χ2n) is 3.13. The summed E-state index contributed by atoms with van der Waals surface area (Å²) in [7, 11) is 0. The van der Waals surface area contributed by atoms with Crippen molar-refractivity contribution < 1.29 is 0 Å². The zero-order valence-corrected chi connectivity index (χ0v) is 8.79. The lowest BCUT2D eigenvalue weighted by Crippen LogP contribution is -2.28. The van der Waals surface area contributed by atoms with Crippen LogP contribution in [0.4, 0.5) is 0 Å². The molecular formula is C10H18N4. The number of nitrogens with zero attached hydrogens (tertiary/aromatic N) is 3. The SMILES string of the molecule is CCCNCCCN(CC#N)CC#N. The lowest BCUT2D eigenvalue weighted by atomic mass is 10.3. The maximum Gasteiger partial charge on any atom is 0.0874 e. The fourth-order valence-corrected chi connectivity index (χ4v) is 1.14. The molecule has 0 bridgehead atoms. The van der Waals surface area contributed by atoms with Gasteiger partial charge in [0.1, 0.15) is 0 Å². The van der Waals surface area contributed by atoms with E-state index in [1.165, 1.54) is 0 Å². The molecule has 0 saturated heterocycles. The van der Waals surface area contributed by atoms with Crippen molar-refractivity contribution >= 4 is 0 Å². The molecule has 0 rings (SSSR count). The van der Waals surface area contributed by atoms with Crippen molar-refractivity contribution in [2.45, 2.75) is 19.8 Å². The van der Waals surface area contributed by atoms with Gasteiger partial charge in [-0.25, -0.2) is 0 Å². The fourth-order valence-electron chi connectivity index (χ4n) is 1.14. The summed E-state index contributed by atoms with van der Waals surface area (Å²) < 4.78 is 0. The Kier molecular flexibility index (Phi) is 9.20. The van der Waals surface area contributed by atoms with E-state index >= 15 is 0 Å². The molecule has 0 aromatic carbocycles. The smallest absolute Gasteiger partial charge is 0.0874 e. The van der Waals surface area contributed by atoms with E-state index in [9.17, 15) is 0 Å². The number of hydrogen-bond donors (Lipinski definition) is 1. The van der Waals surface area contributed by atoms with Crippen molar-refractivity contribution in [3.05, 3.63) is 0 Å². The standard InChI is InChI=1S/C10H18N4/c1-2-6-13-7-3-8-14(9-4-11)10-5-12/h13H,2-3,6-10H2,1H3. The van der Waals surface area contributed by atoms with Gasteiger partial charge in [-0.3, -0.25) is 4.90 Å². The molecule has 0 amide bonds. The van der Waals surface area contributed by atoms with Gasteiger partial charge in [-0.05, 0) is 25.9 Å². The Balaban J connectivity index is 3.42. The van der Waals surface area contributed by atoms with E-state index in [1.54, 1.807) is 0 Å². The third-order valence-corrected chi connectivity index (χ3v) is 1.84. The van der Waals surface area contributed by atoms with Crippen LogP contribution >= 0.6 is 0 Å². The third-order valence-electron chi connectivity index (χ3n) is 1.84. The van der Waals surface area contributed by atoms with E-state index < -0.39 is 0 Å². The van der Waals surface area contributed by atoms with Crippen LogP contribution < -0.4 is 5.32 Å². The minimum absolute atomic E-state index is 0.349. The maximum atomic E-state index is 8.49. The average Bonchev–Trinajstić information content (AvgIpc) is 2.18. The molecule has 14 heavy (non-hydrogen) atoms. The highest BCUT2D eigenvalue weighted by molar-refractivity contribution is 4.83. The fraction of sp³-hybridized carbons (Fsp3) is 0.800. The second kappa shape index (κ2) is 9.98. The first-order chi connectivity index (χ1) is 6.85. The highest BCUT2D eigenvalue weighted by Gasteiger charge is 2.01. The van der Waals surface area contributed by atoms with Crippen LogP contribution in [0.15, 0.2) is 0 Å².